The van der Waals surface area contributed by atoms with Crippen LogP contribution in [0.3, 0.4) is 0 Å². The van der Waals surface area contributed by atoms with Gasteiger partial charge in [-0.15, -0.1) is 0 Å². The summed E-state index contributed by atoms with van der Waals surface area (Å²) in [6, 6.07) is 10.4. The lowest BCUT2D eigenvalue weighted by atomic mass is 9.96. The number of nitrogens with zero attached hydrogens (tertiary/aromatic N) is 5. The van der Waals surface area contributed by atoms with Crippen molar-refractivity contribution in [1.29, 1.82) is 0 Å². The number of nitrogens with one attached hydrogen (secondary N) is 1. The third-order valence-corrected chi connectivity index (χ3v) is 7.77. The Morgan fingerprint density at radius 3 is 2.34 bits per heavy atom. The fraction of sp³-hybridized carbons (Fsp3) is 0.393. The number of hydrogen-bond acceptors (Lipinski definition) is 11. The molecule has 2 atom stereocenters. The maximum atomic E-state index is 13.2. The van der Waals surface area contributed by atoms with Crippen molar-refractivity contribution < 1.29 is 37.5 Å². The predicted octanol–water partition coefficient (Wildman–Crippen LogP) is 3.95. The van der Waals surface area contributed by atoms with Gasteiger partial charge in [0, 0.05) is 36.7 Å². The molecule has 0 aliphatic carbocycles. The van der Waals surface area contributed by atoms with E-state index < -0.39 is 61.4 Å². The van der Waals surface area contributed by atoms with Crippen LogP contribution in [0.15, 0.2) is 47.5 Å². The lowest BCUT2D eigenvalue weighted by Crippen LogP contribution is -2.51. The quantitative estimate of drug-likeness (QED) is 0.269. The summed E-state index contributed by atoms with van der Waals surface area (Å²) in [4.78, 5) is 48.5. The number of anilines is 1. The number of carbonyl (C=O) groups excluding carboxylic acids is 1. The molecule has 16 heteroatoms. The Labute approximate surface area is 253 Å². The van der Waals surface area contributed by atoms with Crippen molar-refractivity contribution in [3.05, 3.63) is 63.7 Å². The molecule has 0 bridgehead atoms. The molecule has 1 aromatic carbocycles. The number of likely N-dealkylation sites (tertiary alicyclic amines) is 1. The molecule has 4 rings (SSSR count). The first-order chi connectivity index (χ1) is 20.5. The summed E-state index contributed by atoms with van der Waals surface area (Å²) < 4.78 is 40.1. The smallest absolute Gasteiger partial charge is 0.410 e. The number of carboxylic acid groups (broad SMARTS) is 1. The summed E-state index contributed by atoms with van der Waals surface area (Å²) in [5.41, 5.74) is 1.81. The van der Waals surface area contributed by atoms with E-state index in [0.717, 1.165) is 23.3 Å². The first-order valence-electron chi connectivity index (χ1n) is 13.5. The second kappa shape index (κ2) is 12.4. The third kappa shape index (κ3) is 7.75. The molecule has 1 fully saturated rings. The molecule has 234 valence electrons. The van der Waals surface area contributed by atoms with Crippen molar-refractivity contribution >= 4 is 33.9 Å². The molecular weight excluding hydrogens is 596 g/mol. The van der Waals surface area contributed by atoms with E-state index in [1.54, 1.807) is 20.8 Å². The molecule has 1 saturated heterocycles. The largest absolute Gasteiger partial charge is 0.481 e. The van der Waals surface area contributed by atoms with Gasteiger partial charge in [-0.3, -0.25) is 4.79 Å². The molecule has 0 saturated carbocycles. The second-order valence-electron chi connectivity index (χ2n) is 11.3. The number of rotatable bonds is 8. The maximum absolute atomic E-state index is 13.2. The molecule has 44 heavy (non-hydrogen) atoms. The zero-order chi connectivity index (χ0) is 32.4. The summed E-state index contributed by atoms with van der Waals surface area (Å²) in [5.74, 6) is -3.25. The van der Waals surface area contributed by atoms with E-state index in [-0.39, 0.29) is 25.4 Å². The van der Waals surface area contributed by atoms with Crippen molar-refractivity contribution in [2.45, 2.75) is 57.8 Å². The molecule has 2 N–H and O–H groups in total. The molecule has 1 aliphatic rings. The van der Waals surface area contributed by atoms with Crippen LogP contribution in [0, 0.1) is 29.9 Å². The van der Waals surface area contributed by atoms with Gasteiger partial charge in [-0.1, -0.05) is 18.2 Å². The first kappa shape index (κ1) is 32.1. The van der Waals surface area contributed by atoms with Crippen LogP contribution >= 0.6 is 0 Å². The second-order valence-corrected chi connectivity index (χ2v) is 12.9. The van der Waals surface area contributed by atoms with Gasteiger partial charge in [0.25, 0.3) is 5.03 Å². The van der Waals surface area contributed by atoms with Crippen molar-refractivity contribution in [3.8, 4) is 17.1 Å². The average Bonchev–Trinajstić information content (AvgIpc) is 2.91. The minimum Gasteiger partial charge on any atom is -0.481 e. The third-order valence-electron chi connectivity index (χ3n) is 6.54. The first-order valence-corrected chi connectivity index (χ1v) is 15.0. The van der Waals surface area contributed by atoms with E-state index in [1.807, 2.05) is 32.0 Å². The number of carboxylic acids is 1. The Morgan fingerprint density at radius 2 is 1.73 bits per heavy atom. The molecular formula is C28H32N6O9S. The number of hydrogen-bond donors (Lipinski definition) is 2. The van der Waals surface area contributed by atoms with Crippen LogP contribution in [0.5, 0.6) is 5.88 Å². The molecule has 0 radical (unpaired) electrons. The monoisotopic (exact) mass is 628 g/mol. The van der Waals surface area contributed by atoms with Crippen LogP contribution < -0.4 is 9.46 Å². The van der Waals surface area contributed by atoms with Crippen LogP contribution in [0.4, 0.5) is 16.6 Å². The highest BCUT2D eigenvalue weighted by atomic mass is 32.2. The van der Waals surface area contributed by atoms with Crippen LogP contribution in [0.2, 0.25) is 0 Å². The molecule has 15 nitrogen and oxygen atoms in total. The highest BCUT2D eigenvalue weighted by Gasteiger charge is 2.37. The Hall–Kier alpha value is -4.86. The lowest BCUT2D eigenvalue weighted by molar-refractivity contribution is -0.390. The molecule has 2 unspecified atom stereocenters. The van der Waals surface area contributed by atoms with E-state index in [9.17, 15) is 33.2 Å². The van der Waals surface area contributed by atoms with Gasteiger partial charge in [-0.2, -0.15) is 13.4 Å². The van der Waals surface area contributed by atoms with Gasteiger partial charge in [0.05, 0.1) is 18.2 Å². The van der Waals surface area contributed by atoms with Crippen molar-refractivity contribution in [2.75, 3.05) is 17.8 Å². The van der Waals surface area contributed by atoms with Gasteiger partial charge >= 0.3 is 27.9 Å². The van der Waals surface area contributed by atoms with Crippen molar-refractivity contribution in [1.82, 2.24) is 19.9 Å². The summed E-state index contributed by atoms with van der Waals surface area (Å²) in [7, 11) is -4.49. The summed E-state index contributed by atoms with van der Waals surface area (Å²) in [6.45, 7) is 8.68. The number of nitro groups is 1. The Balaban J connectivity index is 1.72. The molecule has 0 spiro atoms. The molecule has 3 aromatic rings. The zero-order valence-corrected chi connectivity index (χ0v) is 25.5. The summed E-state index contributed by atoms with van der Waals surface area (Å²) in [6.07, 6.45) is -1.51. The predicted molar refractivity (Wildman–Crippen MR) is 157 cm³/mol. The van der Waals surface area contributed by atoms with Gasteiger partial charge in [0.15, 0.2) is 0 Å². The number of aryl methyl sites for hydroxylation is 2. The molecule has 3 heterocycles. The Bertz CT molecular complexity index is 1690. The van der Waals surface area contributed by atoms with Gasteiger partial charge in [-0.05, 0) is 61.7 Å². The average molecular weight is 629 g/mol. The van der Waals surface area contributed by atoms with Crippen LogP contribution in [0.25, 0.3) is 11.3 Å². The van der Waals surface area contributed by atoms with Gasteiger partial charge < -0.3 is 29.6 Å². The van der Waals surface area contributed by atoms with Crippen LogP contribution in [0.1, 0.15) is 38.3 Å². The number of carbonyl (C=O) groups is 2. The van der Waals surface area contributed by atoms with E-state index in [1.165, 1.54) is 17.0 Å². The van der Waals surface area contributed by atoms with Gasteiger partial charge in [-0.25, -0.2) is 14.5 Å². The van der Waals surface area contributed by atoms with E-state index in [2.05, 4.69) is 19.7 Å². The molecule has 2 aromatic heterocycles. The maximum Gasteiger partial charge on any atom is 0.410 e. The zero-order valence-electron chi connectivity index (χ0n) is 24.7. The highest BCUT2D eigenvalue weighted by molar-refractivity contribution is 7.92. The van der Waals surface area contributed by atoms with Crippen LogP contribution in [-0.4, -0.2) is 75.2 Å². The van der Waals surface area contributed by atoms with E-state index in [0.29, 0.717) is 11.3 Å². The number of ether oxygens (including phenoxy) is 2. The van der Waals surface area contributed by atoms with Gasteiger partial charge in [0.2, 0.25) is 11.8 Å². The number of sulfonamides is 1. The number of aromatic nitrogens is 3. The normalized spacial score (nSPS) is 17.1. The number of pyridine rings is 1. The SMILES string of the molecule is Cc1cccc(C)c1-c1cc(OC2CC(C(=O)O)CN(C(=O)OC(C)(C)C)C2)nc(NS(=O)(=O)c2cccc([N+](=O)[O-])n2)n1. The summed E-state index contributed by atoms with van der Waals surface area (Å²) in [5, 5.41) is 20.3. The molecule has 1 amide bonds. The molecule has 1 aliphatic heterocycles. The Kier molecular flexibility index (Phi) is 9.03. The van der Waals surface area contributed by atoms with E-state index in [4.69, 9.17) is 9.47 Å². The fourth-order valence-electron chi connectivity index (χ4n) is 4.67. The number of piperidine rings is 1. The van der Waals surface area contributed by atoms with Crippen molar-refractivity contribution in [2.24, 2.45) is 5.92 Å². The van der Waals surface area contributed by atoms with Crippen molar-refractivity contribution in [3.63, 3.8) is 0 Å². The lowest BCUT2D eigenvalue weighted by Gasteiger charge is -2.36. The van der Waals surface area contributed by atoms with Crippen LogP contribution in [-0.2, 0) is 19.6 Å². The fourth-order valence-corrected chi connectivity index (χ4v) is 5.58. The standard InChI is InChI=1S/C28H32N6O9S/c1-16-8-6-9-17(2)24(16)20-13-22(31-26(29-20)32-44(40,41)23-11-7-10-21(30-23)34(38)39)42-19-12-18(25(35)36)14-33(15-19)27(37)43-28(3,4)5/h6-11,13,18-19H,12,14-15H2,1-5H3,(H,35,36)(H,29,31,32). The highest BCUT2D eigenvalue weighted by Crippen LogP contribution is 2.31. The minimum absolute atomic E-state index is 0.0138. The topological polar surface area (TPSA) is 204 Å². The number of aliphatic carboxylic acids is 1. The number of amides is 1. The van der Waals surface area contributed by atoms with Gasteiger partial charge in [0.1, 0.15) is 11.7 Å². The Morgan fingerprint density at radius 1 is 1.07 bits per heavy atom. The number of benzene rings is 1. The van der Waals surface area contributed by atoms with E-state index >= 15 is 0 Å². The summed E-state index contributed by atoms with van der Waals surface area (Å²) >= 11 is 0. The minimum atomic E-state index is -4.49.